The highest BCUT2D eigenvalue weighted by molar-refractivity contribution is 5.94. The predicted molar refractivity (Wildman–Crippen MR) is 115 cm³/mol. The van der Waals surface area contributed by atoms with E-state index < -0.39 is 0 Å². The number of benzene rings is 1. The Hall–Kier alpha value is -2.63. The highest BCUT2D eigenvalue weighted by Gasteiger charge is 2.29. The second-order valence-electron chi connectivity index (χ2n) is 8.58. The molecule has 2 N–H and O–H groups in total. The number of hydrogen-bond donors (Lipinski definition) is 2. The van der Waals surface area contributed by atoms with Crippen LogP contribution in [0.3, 0.4) is 0 Å². The van der Waals surface area contributed by atoms with E-state index in [1.165, 1.54) is 0 Å². The van der Waals surface area contributed by atoms with Crippen molar-refractivity contribution in [3.05, 3.63) is 46.8 Å². The molecule has 1 atom stereocenters. The van der Waals surface area contributed by atoms with Crippen LogP contribution in [0, 0.1) is 25.7 Å². The maximum atomic E-state index is 12.6. The Morgan fingerprint density at radius 3 is 2.38 bits per heavy atom. The summed E-state index contributed by atoms with van der Waals surface area (Å²) in [6, 6.07) is 7.57. The van der Waals surface area contributed by atoms with Crippen molar-refractivity contribution >= 4 is 17.5 Å². The van der Waals surface area contributed by atoms with Crippen molar-refractivity contribution in [3.63, 3.8) is 0 Å². The van der Waals surface area contributed by atoms with Gasteiger partial charge in [-0.1, -0.05) is 26.0 Å². The van der Waals surface area contributed by atoms with E-state index >= 15 is 0 Å². The minimum absolute atomic E-state index is 0.0149. The van der Waals surface area contributed by atoms with Crippen LogP contribution >= 0.6 is 0 Å². The lowest BCUT2D eigenvalue weighted by molar-refractivity contribution is -0.121. The molecular weight excluding hydrogens is 364 g/mol. The lowest BCUT2D eigenvalue weighted by atomic mass is 10.1. The number of anilines is 1. The van der Waals surface area contributed by atoms with Crippen LogP contribution in [0.1, 0.15) is 62.2 Å². The van der Waals surface area contributed by atoms with Gasteiger partial charge in [-0.2, -0.15) is 5.10 Å². The number of rotatable bonds is 8. The van der Waals surface area contributed by atoms with Gasteiger partial charge in [0.05, 0.1) is 18.2 Å². The third-order valence-corrected chi connectivity index (χ3v) is 5.41. The topological polar surface area (TPSA) is 76.0 Å². The van der Waals surface area contributed by atoms with Crippen LogP contribution in [0.2, 0.25) is 0 Å². The Balaban J connectivity index is 1.57. The van der Waals surface area contributed by atoms with E-state index in [9.17, 15) is 9.59 Å². The minimum atomic E-state index is -0.109. The summed E-state index contributed by atoms with van der Waals surface area (Å²) >= 11 is 0. The van der Waals surface area contributed by atoms with Crippen LogP contribution in [0.4, 0.5) is 5.69 Å². The molecule has 156 valence electrons. The van der Waals surface area contributed by atoms with Crippen LogP contribution < -0.4 is 10.6 Å². The molecule has 1 aromatic heterocycles. The Kier molecular flexibility index (Phi) is 6.40. The Morgan fingerprint density at radius 2 is 1.79 bits per heavy atom. The Bertz CT molecular complexity index is 879. The molecule has 1 aliphatic carbocycles. The molecule has 1 saturated carbocycles. The molecule has 6 nitrogen and oxygen atoms in total. The molecule has 1 aromatic carbocycles. The number of aromatic nitrogens is 2. The normalized spacial score (nSPS) is 14.7. The lowest BCUT2D eigenvalue weighted by Gasteiger charge is -2.15. The highest BCUT2D eigenvalue weighted by Crippen LogP contribution is 2.30. The first-order chi connectivity index (χ1) is 13.7. The van der Waals surface area contributed by atoms with Crippen LogP contribution in [0.15, 0.2) is 24.3 Å². The van der Waals surface area contributed by atoms with Gasteiger partial charge >= 0.3 is 0 Å². The Morgan fingerprint density at radius 1 is 1.14 bits per heavy atom. The number of carbonyl (C=O) groups excluding carboxylic acids is 2. The SMILES string of the molecule is Cc1nn(CC(C)C)c(C)c1CC(=O)NC(C)c1ccc(NC(=O)C2CC2)cc1. The summed E-state index contributed by atoms with van der Waals surface area (Å²) < 4.78 is 2.00. The molecule has 1 aliphatic rings. The number of amides is 2. The predicted octanol–water partition coefficient (Wildman–Crippen LogP) is 3.92. The fraction of sp³-hybridized carbons (Fsp3) is 0.522. The summed E-state index contributed by atoms with van der Waals surface area (Å²) in [5.41, 5.74) is 4.80. The molecule has 2 aromatic rings. The number of nitrogens with zero attached hydrogens (tertiary/aromatic N) is 2. The van der Waals surface area contributed by atoms with E-state index in [1.807, 2.05) is 49.7 Å². The van der Waals surface area contributed by atoms with Crippen molar-refractivity contribution in [2.75, 3.05) is 5.32 Å². The van der Waals surface area contributed by atoms with Gasteiger partial charge in [-0.3, -0.25) is 14.3 Å². The van der Waals surface area contributed by atoms with Crippen LogP contribution in [-0.2, 0) is 22.6 Å². The molecule has 1 heterocycles. The smallest absolute Gasteiger partial charge is 0.227 e. The average Bonchev–Trinajstić information content (AvgIpc) is 3.47. The number of hydrogen-bond acceptors (Lipinski definition) is 3. The molecule has 0 radical (unpaired) electrons. The van der Waals surface area contributed by atoms with Crippen molar-refractivity contribution in [2.24, 2.45) is 11.8 Å². The molecule has 2 amide bonds. The molecule has 29 heavy (non-hydrogen) atoms. The number of aryl methyl sites for hydroxylation is 1. The van der Waals surface area contributed by atoms with E-state index in [0.29, 0.717) is 12.3 Å². The monoisotopic (exact) mass is 396 g/mol. The minimum Gasteiger partial charge on any atom is -0.349 e. The van der Waals surface area contributed by atoms with Gasteiger partial charge in [-0.15, -0.1) is 0 Å². The van der Waals surface area contributed by atoms with Crippen LogP contribution in [0.25, 0.3) is 0 Å². The lowest BCUT2D eigenvalue weighted by Crippen LogP contribution is -2.28. The largest absolute Gasteiger partial charge is 0.349 e. The molecule has 1 fully saturated rings. The van der Waals surface area contributed by atoms with Crippen LogP contribution in [-0.4, -0.2) is 21.6 Å². The van der Waals surface area contributed by atoms with Gasteiger partial charge in [0, 0.05) is 29.4 Å². The molecule has 0 bridgehead atoms. The van der Waals surface area contributed by atoms with Crippen molar-refractivity contribution in [3.8, 4) is 0 Å². The van der Waals surface area contributed by atoms with Gasteiger partial charge in [0.15, 0.2) is 0 Å². The van der Waals surface area contributed by atoms with Gasteiger partial charge in [-0.05, 0) is 57.2 Å². The van der Waals surface area contributed by atoms with Gasteiger partial charge in [0.1, 0.15) is 0 Å². The maximum absolute atomic E-state index is 12.6. The number of nitrogens with one attached hydrogen (secondary N) is 2. The van der Waals surface area contributed by atoms with Gasteiger partial charge < -0.3 is 10.6 Å². The summed E-state index contributed by atoms with van der Waals surface area (Å²) in [7, 11) is 0. The van der Waals surface area contributed by atoms with E-state index in [1.54, 1.807) is 0 Å². The van der Waals surface area contributed by atoms with Crippen molar-refractivity contribution < 1.29 is 9.59 Å². The molecule has 0 aliphatic heterocycles. The fourth-order valence-corrected chi connectivity index (χ4v) is 3.49. The molecule has 3 rings (SSSR count). The van der Waals surface area contributed by atoms with E-state index in [4.69, 9.17) is 0 Å². The third kappa shape index (κ3) is 5.46. The Labute approximate surface area is 173 Å². The van der Waals surface area contributed by atoms with Crippen molar-refractivity contribution in [1.82, 2.24) is 15.1 Å². The molecule has 6 heteroatoms. The second-order valence-corrected chi connectivity index (χ2v) is 8.58. The second kappa shape index (κ2) is 8.80. The summed E-state index contributed by atoms with van der Waals surface area (Å²) in [4.78, 5) is 24.5. The molecule has 0 spiro atoms. The summed E-state index contributed by atoms with van der Waals surface area (Å²) in [5, 5.41) is 10.6. The average molecular weight is 397 g/mol. The zero-order valence-electron chi connectivity index (χ0n) is 18.1. The zero-order valence-corrected chi connectivity index (χ0v) is 18.1. The van der Waals surface area contributed by atoms with Gasteiger partial charge in [0.25, 0.3) is 0 Å². The fourth-order valence-electron chi connectivity index (χ4n) is 3.49. The standard InChI is InChI=1S/C23H32N4O2/c1-14(2)13-27-17(5)21(16(4)26-27)12-22(28)24-15(3)18-8-10-20(11-9-18)25-23(29)19-6-7-19/h8-11,14-15,19H,6-7,12-13H2,1-5H3,(H,24,28)(H,25,29). The first kappa shape index (κ1) is 21.1. The maximum Gasteiger partial charge on any atom is 0.227 e. The van der Waals surface area contributed by atoms with Crippen molar-refractivity contribution in [1.29, 1.82) is 0 Å². The quantitative estimate of drug-likeness (QED) is 0.710. The summed E-state index contributed by atoms with van der Waals surface area (Å²) in [5.74, 6) is 0.776. The first-order valence-electron chi connectivity index (χ1n) is 10.5. The van der Waals surface area contributed by atoms with Gasteiger partial charge in [-0.25, -0.2) is 0 Å². The van der Waals surface area contributed by atoms with Gasteiger partial charge in [0.2, 0.25) is 11.8 Å². The van der Waals surface area contributed by atoms with E-state index in [-0.39, 0.29) is 23.8 Å². The molecular formula is C23H32N4O2. The summed E-state index contributed by atoms with van der Waals surface area (Å²) in [6.07, 6.45) is 2.31. The van der Waals surface area contributed by atoms with Crippen molar-refractivity contribution in [2.45, 2.75) is 66.5 Å². The van der Waals surface area contributed by atoms with Crippen LogP contribution in [0.5, 0.6) is 0 Å². The van der Waals surface area contributed by atoms with E-state index in [0.717, 1.165) is 47.6 Å². The third-order valence-electron chi connectivity index (χ3n) is 5.41. The summed E-state index contributed by atoms with van der Waals surface area (Å²) in [6.45, 7) is 11.1. The zero-order chi connectivity index (χ0) is 21.1. The molecule has 0 saturated heterocycles. The molecule has 1 unspecified atom stereocenters. The highest BCUT2D eigenvalue weighted by atomic mass is 16.2. The first-order valence-corrected chi connectivity index (χ1v) is 10.5. The van der Waals surface area contributed by atoms with E-state index in [2.05, 4.69) is 29.6 Å². The number of carbonyl (C=O) groups is 2.